The quantitative estimate of drug-likeness (QED) is 0.765. The van der Waals surface area contributed by atoms with Gasteiger partial charge in [0.1, 0.15) is 0 Å². The SMILES string of the molecule is CCCc1noc(CN2CCC[C@@H](C(=O)c3cccs3)C2)n1. The number of likely N-dealkylation sites (tertiary alicyclic amines) is 1. The molecule has 118 valence electrons. The third-order valence-electron chi connectivity index (χ3n) is 3.98. The van der Waals surface area contributed by atoms with Gasteiger partial charge in [0.05, 0.1) is 11.4 Å². The molecule has 0 amide bonds. The third kappa shape index (κ3) is 3.62. The third-order valence-corrected chi connectivity index (χ3v) is 4.87. The van der Waals surface area contributed by atoms with E-state index in [9.17, 15) is 4.79 Å². The molecular formula is C16H21N3O2S. The zero-order valence-corrected chi connectivity index (χ0v) is 13.6. The Bertz CT molecular complexity index is 609. The fraction of sp³-hybridized carbons (Fsp3) is 0.562. The Morgan fingerprint density at radius 3 is 3.23 bits per heavy atom. The number of thiophene rings is 1. The van der Waals surface area contributed by atoms with Crippen molar-refractivity contribution in [3.05, 3.63) is 34.1 Å². The molecule has 2 aromatic rings. The smallest absolute Gasteiger partial charge is 0.240 e. The molecule has 22 heavy (non-hydrogen) atoms. The Kier molecular flexibility index (Phi) is 5.00. The van der Waals surface area contributed by atoms with Gasteiger partial charge in [-0.2, -0.15) is 4.98 Å². The normalized spacial score (nSPS) is 19.4. The fourth-order valence-corrected chi connectivity index (χ4v) is 3.65. The van der Waals surface area contributed by atoms with E-state index >= 15 is 0 Å². The van der Waals surface area contributed by atoms with E-state index in [0.717, 1.165) is 49.5 Å². The maximum absolute atomic E-state index is 12.5. The number of rotatable bonds is 6. The molecule has 0 unspecified atom stereocenters. The van der Waals surface area contributed by atoms with Crippen LogP contribution in [0.25, 0.3) is 0 Å². The number of nitrogens with zero attached hydrogens (tertiary/aromatic N) is 3. The molecule has 0 N–H and O–H groups in total. The van der Waals surface area contributed by atoms with Gasteiger partial charge in [0.25, 0.3) is 0 Å². The zero-order chi connectivity index (χ0) is 15.4. The Labute approximate surface area is 134 Å². The van der Waals surface area contributed by atoms with E-state index in [-0.39, 0.29) is 11.7 Å². The van der Waals surface area contributed by atoms with Crippen molar-refractivity contribution in [3.63, 3.8) is 0 Å². The predicted molar refractivity (Wildman–Crippen MR) is 84.9 cm³/mol. The van der Waals surface area contributed by atoms with Crippen LogP contribution in [-0.4, -0.2) is 33.9 Å². The van der Waals surface area contributed by atoms with Crippen LogP contribution in [0.15, 0.2) is 22.0 Å². The van der Waals surface area contributed by atoms with Gasteiger partial charge in [-0.1, -0.05) is 18.1 Å². The van der Waals surface area contributed by atoms with Crippen LogP contribution in [0.3, 0.4) is 0 Å². The lowest BCUT2D eigenvalue weighted by Gasteiger charge is -2.30. The highest BCUT2D eigenvalue weighted by atomic mass is 32.1. The molecule has 1 atom stereocenters. The number of carbonyl (C=O) groups is 1. The molecule has 1 fully saturated rings. The van der Waals surface area contributed by atoms with E-state index in [1.807, 2.05) is 17.5 Å². The monoisotopic (exact) mass is 319 g/mol. The minimum Gasteiger partial charge on any atom is -0.338 e. The molecule has 0 aromatic carbocycles. The number of piperidine rings is 1. The molecule has 6 heteroatoms. The van der Waals surface area contributed by atoms with Crippen LogP contribution in [0.2, 0.25) is 0 Å². The average molecular weight is 319 g/mol. The van der Waals surface area contributed by atoms with Gasteiger partial charge >= 0.3 is 0 Å². The number of aryl methyl sites for hydroxylation is 1. The average Bonchev–Trinajstić information content (AvgIpc) is 3.19. The summed E-state index contributed by atoms with van der Waals surface area (Å²) in [4.78, 5) is 20.0. The van der Waals surface area contributed by atoms with E-state index in [2.05, 4.69) is 22.0 Å². The van der Waals surface area contributed by atoms with Gasteiger partial charge in [0.2, 0.25) is 5.89 Å². The number of hydrogen-bond donors (Lipinski definition) is 0. The molecular weight excluding hydrogens is 298 g/mol. The molecule has 1 aliphatic rings. The van der Waals surface area contributed by atoms with Gasteiger partial charge < -0.3 is 4.52 Å². The van der Waals surface area contributed by atoms with Crippen molar-refractivity contribution in [2.75, 3.05) is 13.1 Å². The van der Waals surface area contributed by atoms with Crippen LogP contribution in [-0.2, 0) is 13.0 Å². The summed E-state index contributed by atoms with van der Waals surface area (Å²) in [5, 5.41) is 5.95. The van der Waals surface area contributed by atoms with Crippen molar-refractivity contribution >= 4 is 17.1 Å². The van der Waals surface area contributed by atoms with Crippen LogP contribution in [0.5, 0.6) is 0 Å². The van der Waals surface area contributed by atoms with Gasteiger partial charge in [0, 0.05) is 18.9 Å². The lowest BCUT2D eigenvalue weighted by atomic mass is 9.93. The molecule has 1 aliphatic heterocycles. The summed E-state index contributed by atoms with van der Waals surface area (Å²) in [5.74, 6) is 1.80. The first-order valence-corrected chi connectivity index (χ1v) is 8.75. The molecule has 0 saturated carbocycles. The van der Waals surface area contributed by atoms with E-state index in [1.54, 1.807) is 0 Å². The summed E-state index contributed by atoms with van der Waals surface area (Å²) < 4.78 is 5.30. The van der Waals surface area contributed by atoms with Gasteiger partial charge in [-0.25, -0.2) is 0 Å². The molecule has 0 bridgehead atoms. The molecule has 0 aliphatic carbocycles. The highest BCUT2D eigenvalue weighted by Crippen LogP contribution is 2.24. The van der Waals surface area contributed by atoms with Crippen molar-refractivity contribution in [2.45, 2.75) is 39.2 Å². The maximum atomic E-state index is 12.5. The minimum atomic E-state index is 0.0884. The van der Waals surface area contributed by atoms with Crippen LogP contribution in [0, 0.1) is 5.92 Å². The maximum Gasteiger partial charge on any atom is 0.240 e. The van der Waals surface area contributed by atoms with Crippen LogP contribution in [0.1, 0.15) is 47.6 Å². The number of aromatic nitrogens is 2. The fourth-order valence-electron chi connectivity index (χ4n) is 2.90. The van der Waals surface area contributed by atoms with E-state index in [4.69, 9.17) is 4.52 Å². The molecule has 3 heterocycles. The van der Waals surface area contributed by atoms with Crippen molar-refractivity contribution in [1.82, 2.24) is 15.0 Å². The minimum absolute atomic E-state index is 0.0884. The first-order valence-electron chi connectivity index (χ1n) is 7.87. The van der Waals surface area contributed by atoms with E-state index in [0.29, 0.717) is 12.4 Å². The predicted octanol–water partition coefficient (Wildman–Crippen LogP) is 3.18. The molecule has 2 aromatic heterocycles. The number of carbonyl (C=O) groups excluding carboxylic acids is 1. The summed E-state index contributed by atoms with van der Waals surface area (Å²) in [7, 11) is 0. The molecule has 0 radical (unpaired) electrons. The number of Topliss-reactive ketones (excluding diaryl/α,β-unsaturated/α-hetero) is 1. The topological polar surface area (TPSA) is 59.2 Å². The summed E-state index contributed by atoms with van der Waals surface area (Å²) in [6, 6.07) is 3.85. The zero-order valence-electron chi connectivity index (χ0n) is 12.8. The van der Waals surface area contributed by atoms with Gasteiger partial charge in [-0.15, -0.1) is 11.3 Å². The van der Waals surface area contributed by atoms with E-state index < -0.39 is 0 Å². The van der Waals surface area contributed by atoms with Crippen LogP contribution >= 0.6 is 11.3 Å². The highest BCUT2D eigenvalue weighted by Gasteiger charge is 2.27. The van der Waals surface area contributed by atoms with Gasteiger partial charge in [0.15, 0.2) is 11.6 Å². The second-order valence-electron chi connectivity index (χ2n) is 5.77. The molecule has 5 nitrogen and oxygen atoms in total. The largest absolute Gasteiger partial charge is 0.338 e. The Morgan fingerprint density at radius 2 is 2.45 bits per heavy atom. The Balaban J connectivity index is 1.59. The second kappa shape index (κ2) is 7.15. The summed E-state index contributed by atoms with van der Waals surface area (Å²) in [6.07, 6.45) is 3.87. The summed E-state index contributed by atoms with van der Waals surface area (Å²) >= 11 is 1.53. The van der Waals surface area contributed by atoms with Crippen molar-refractivity contribution < 1.29 is 9.32 Å². The second-order valence-corrected chi connectivity index (χ2v) is 6.72. The lowest BCUT2D eigenvalue weighted by molar-refractivity contribution is 0.0801. The van der Waals surface area contributed by atoms with E-state index in [1.165, 1.54) is 11.3 Å². The van der Waals surface area contributed by atoms with Crippen molar-refractivity contribution in [3.8, 4) is 0 Å². The van der Waals surface area contributed by atoms with Crippen LogP contribution < -0.4 is 0 Å². The Hall–Kier alpha value is -1.53. The van der Waals surface area contributed by atoms with Gasteiger partial charge in [-0.3, -0.25) is 9.69 Å². The lowest BCUT2D eigenvalue weighted by Crippen LogP contribution is -2.38. The molecule has 3 rings (SSSR count). The molecule has 1 saturated heterocycles. The van der Waals surface area contributed by atoms with Crippen molar-refractivity contribution in [2.24, 2.45) is 5.92 Å². The number of ketones is 1. The highest BCUT2D eigenvalue weighted by molar-refractivity contribution is 7.12. The summed E-state index contributed by atoms with van der Waals surface area (Å²) in [6.45, 7) is 4.51. The van der Waals surface area contributed by atoms with Gasteiger partial charge in [-0.05, 0) is 37.3 Å². The molecule has 0 spiro atoms. The Morgan fingerprint density at radius 1 is 1.55 bits per heavy atom. The summed E-state index contributed by atoms with van der Waals surface area (Å²) in [5.41, 5.74) is 0. The number of hydrogen-bond acceptors (Lipinski definition) is 6. The first kappa shape index (κ1) is 15.4. The van der Waals surface area contributed by atoms with Crippen LogP contribution in [0.4, 0.5) is 0 Å². The first-order chi connectivity index (χ1) is 10.8. The van der Waals surface area contributed by atoms with Crippen molar-refractivity contribution in [1.29, 1.82) is 0 Å². The standard InChI is InChI=1S/C16H21N3O2S/c1-2-5-14-17-15(21-18-14)11-19-8-3-6-12(10-19)16(20)13-7-4-9-22-13/h4,7,9,12H,2-3,5-6,8,10-11H2,1H3/t12-/m1/s1.